The van der Waals surface area contributed by atoms with Gasteiger partial charge in [0, 0.05) is 18.2 Å². The van der Waals surface area contributed by atoms with Crippen molar-refractivity contribution in [2.75, 3.05) is 7.11 Å². The van der Waals surface area contributed by atoms with Gasteiger partial charge in [0.25, 0.3) is 0 Å². The van der Waals surface area contributed by atoms with Crippen molar-refractivity contribution in [2.24, 2.45) is 0 Å². The molecule has 4 nitrogen and oxygen atoms in total. The van der Waals surface area contributed by atoms with Crippen LogP contribution in [0.3, 0.4) is 0 Å². The molecule has 1 aromatic rings. The first kappa shape index (κ1) is 10.3. The third kappa shape index (κ3) is 2.63. The fraction of sp³-hybridized carbons (Fsp3) is 0.400. The Labute approximate surface area is 82.9 Å². The van der Waals surface area contributed by atoms with E-state index < -0.39 is 5.97 Å². The molecule has 0 bridgehead atoms. The predicted octanol–water partition coefficient (Wildman–Crippen LogP) is 0.988. The fourth-order valence-corrected chi connectivity index (χ4v) is 0.859. The SMILES string of the molecule is COC(=O)C#Cc1cnn(C(C)C)c1. The zero-order valence-corrected chi connectivity index (χ0v) is 8.44. The highest BCUT2D eigenvalue weighted by Crippen LogP contribution is 2.03. The Hall–Kier alpha value is -1.76. The van der Waals surface area contributed by atoms with Crippen LogP contribution in [0.2, 0.25) is 0 Å². The quantitative estimate of drug-likeness (QED) is 0.492. The molecule has 0 saturated carbocycles. The maximum absolute atomic E-state index is 10.7. The molecule has 1 heterocycles. The van der Waals surface area contributed by atoms with Gasteiger partial charge in [0.05, 0.1) is 18.9 Å². The van der Waals surface area contributed by atoms with Crippen LogP contribution >= 0.6 is 0 Å². The molecule has 0 amide bonds. The molecule has 0 unspecified atom stereocenters. The second-order valence-electron chi connectivity index (χ2n) is 3.04. The van der Waals surface area contributed by atoms with Crippen molar-refractivity contribution in [1.29, 1.82) is 0 Å². The van der Waals surface area contributed by atoms with Crippen LogP contribution in [-0.2, 0) is 9.53 Å². The van der Waals surface area contributed by atoms with Crippen LogP contribution in [0.5, 0.6) is 0 Å². The van der Waals surface area contributed by atoms with Crippen LogP contribution in [0.1, 0.15) is 25.5 Å². The highest BCUT2D eigenvalue weighted by molar-refractivity contribution is 5.88. The standard InChI is InChI=1S/C10H12N2O2/c1-8(2)12-7-9(6-11-12)4-5-10(13)14-3/h6-8H,1-3H3. The van der Waals surface area contributed by atoms with E-state index in [1.807, 2.05) is 13.8 Å². The lowest BCUT2D eigenvalue weighted by molar-refractivity contribution is -0.133. The average Bonchev–Trinajstić information content (AvgIpc) is 2.62. The van der Waals surface area contributed by atoms with E-state index >= 15 is 0 Å². The minimum absolute atomic E-state index is 0.295. The maximum Gasteiger partial charge on any atom is 0.384 e. The lowest BCUT2D eigenvalue weighted by Crippen LogP contribution is -1.99. The van der Waals surface area contributed by atoms with Crippen LogP contribution in [0.15, 0.2) is 12.4 Å². The van der Waals surface area contributed by atoms with Gasteiger partial charge in [-0.25, -0.2) is 4.79 Å². The van der Waals surface area contributed by atoms with Gasteiger partial charge in [0.15, 0.2) is 0 Å². The molecular formula is C10H12N2O2. The summed E-state index contributed by atoms with van der Waals surface area (Å²) >= 11 is 0. The van der Waals surface area contributed by atoms with E-state index in [0.29, 0.717) is 11.6 Å². The molecule has 0 atom stereocenters. The monoisotopic (exact) mass is 192 g/mol. The van der Waals surface area contributed by atoms with E-state index in [1.165, 1.54) is 7.11 Å². The normalized spacial score (nSPS) is 9.43. The number of ether oxygens (including phenoxy) is 1. The summed E-state index contributed by atoms with van der Waals surface area (Å²) in [6, 6.07) is 0.295. The van der Waals surface area contributed by atoms with E-state index in [2.05, 4.69) is 21.7 Å². The average molecular weight is 192 g/mol. The van der Waals surface area contributed by atoms with Gasteiger partial charge in [-0.05, 0) is 13.8 Å². The second kappa shape index (κ2) is 4.47. The van der Waals surface area contributed by atoms with Crippen molar-refractivity contribution in [3.8, 4) is 11.8 Å². The number of hydrogen-bond acceptors (Lipinski definition) is 3. The number of carbonyl (C=O) groups excluding carboxylic acids is 1. The Morgan fingerprint density at radius 1 is 1.64 bits per heavy atom. The number of esters is 1. The number of rotatable bonds is 1. The van der Waals surface area contributed by atoms with E-state index in [-0.39, 0.29) is 0 Å². The largest absolute Gasteiger partial charge is 0.459 e. The van der Waals surface area contributed by atoms with Gasteiger partial charge in [-0.1, -0.05) is 5.92 Å². The summed E-state index contributed by atoms with van der Waals surface area (Å²) < 4.78 is 6.17. The molecule has 0 fully saturated rings. The van der Waals surface area contributed by atoms with Gasteiger partial charge in [0.1, 0.15) is 0 Å². The third-order valence-electron chi connectivity index (χ3n) is 1.62. The topological polar surface area (TPSA) is 44.1 Å². The van der Waals surface area contributed by atoms with Crippen molar-refractivity contribution in [2.45, 2.75) is 19.9 Å². The van der Waals surface area contributed by atoms with E-state index in [4.69, 9.17) is 0 Å². The van der Waals surface area contributed by atoms with E-state index in [1.54, 1.807) is 17.1 Å². The first-order chi connectivity index (χ1) is 6.63. The van der Waals surface area contributed by atoms with Crippen LogP contribution in [-0.4, -0.2) is 22.9 Å². The summed E-state index contributed by atoms with van der Waals surface area (Å²) in [6.07, 6.45) is 3.41. The van der Waals surface area contributed by atoms with Gasteiger partial charge >= 0.3 is 5.97 Å². The molecule has 0 saturated heterocycles. The molecule has 0 aromatic carbocycles. The highest BCUT2D eigenvalue weighted by atomic mass is 16.5. The zero-order valence-electron chi connectivity index (χ0n) is 8.44. The molecule has 0 aliphatic carbocycles. The summed E-state index contributed by atoms with van der Waals surface area (Å²) in [6.45, 7) is 4.04. The molecular weight excluding hydrogens is 180 g/mol. The molecule has 0 radical (unpaired) electrons. The van der Waals surface area contributed by atoms with Crippen molar-refractivity contribution < 1.29 is 9.53 Å². The van der Waals surface area contributed by atoms with Crippen molar-refractivity contribution in [3.05, 3.63) is 18.0 Å². The lowest BCUT2D eigenvalue weighted by atomic mass is 10.3. The van der Waals surface area contributed by atoms with Crippen molar-refractivity contribution in [1.82, 2.24) is 9.78 Å². The van der Waals surface area contributed by atoms with E-state index in [0.717, 1.165) is 0 Å². The van der Waals surface area contributed by atoms with Crippen molar-refractivity contribution in [3.63, 3.8) is 0 Å². The minimum atomic E-state index is -0.540. The van der Waals surface area contributed by atoms with Gasteiger partial charge in [-0.3, -0.25) is 4.68 Å². The molecule has 0 spiro atoms. The summed E-state index contributed by atoms with van der Waals surface area (Å²) in [5.41, 5.74) is 0.712. The summed E-state index contributed by atoms with van der Waals surface area (Å²) in [5.74, 6) is 4.46. The lowest BCUT2D eigenvalue weighted by Gasteiger charge is -2.01. The van der Waals surface area contributed by atoms with Crippen molar-refractivity contribution >= 4 is 5.97 Å². The Morgan fingerprint density at radius 3 is 2.86 bits per heavy atom. The molecule has 0 N–H and O–H groups in total. The highest BCUT2D eigenvalue weighted by Gasteiger charge is 1.99. The van der Waals surface area contributed by atoms with Crippen LogP contribution in [0.4, 0.5) is 0 Å². The molecule has 1 rings (SSSR count). The Balaban J connectivity index is 2.76. The van der Waals surface area contributed by atoms with Crippen LogP contribution in [0.25, 0.3) is 0 Å². The molecule has 14 heavy (non-hydrogen) atoms. The van der Waals surface area contributed by atoms with Crippen LogP contribution < -0.4 is 0 Å². The minimum Gasteiger partial charge on any atom is -0.459 e. The molecule has 0 aliphatic rings. The number of nitrogens with zero attached hydrogens (tertiary/aromatic N) is 2. The molecule has 74 valence electrons. The van der Waals surface area contributed by atoms with Gasteiger partial charge in [-0.2, -0.15) is 5.10 Å². The zero-order chi connectivity index (χ0) is 10.6. The van der Waals surface area contributed by atoms with E-state index in [9.17, 15) is 4.79 Å². The summed E-state index contributed by atoms with van der Waals surface area (Å²) in [5, 5.41) is 4.08. The first-order valence-electron chi connectivity index (χ1n) is 4.27. The number of methoxy groups -OCH3 is 1. The molecule has 4 heteroatoms. The maximum atomic E-state index is 10.7. The number of hydrogen-bond donors (Lipinski definition) is 0. The summed E-state index contributed by atoms with van der Waals surface area (Å²) in [7, 11) is 1.30. The Bertz CT molecular complexity index is 382. The first-order valence-corrected chi connectivity index (χ1v) is 4.27. The number of aromatic nitrogens is 2. The Kier molecular flexibility index (Phi) is 3.29. The predicted molar refractivity (Wildman–Crippen MR) is 51.5 cm³/mol. The van der Waals surface area contributed by atoms with Gasteiger partial charge in [-0.15, -0.1) is 0 Å². The number of carbonyl (C=O) groups is 1. The third-order valence-corrected chi connectivity index (χ3v) is 1.62. The second-order valence-corrected chi connectivity index (χ2v) is 3.04. The fourth-order valence-electron chi connectivity index (χ4n) is 0.859. The van der Waals surface area contributed by atoms with Gasteiger partial charge in [0.2, 0.25) is 0 Å². The van der Waals surface area contributed by atoms with Crippen LogP contribution in [0, 0.1) is 11.8 Å². The Morgan fingerprint density at radius 2 is 2.36 bits per heavy atom. The molecule has 1 aromatic heterocycles. The van der Waals surface area contributed by atoms with Gasteiger partial charge < -0.3 is 4.74 Å². The summed E-state index contributed by atoms with van der Waals surface area (Å²) in [4.78, 5) is 10.7. The molecule has 0 aliphatic heterocycles. The smallest absolute Gasteiger partial charge is 0.384 e.